The highest BCUT2D eigenvalue weighted by Gasteiger charge is 2.10. The lowest BCUT2D eigenvalue weighted by Gasteiger charge is -2.19. The average molecular weight is 276 g/mol. The molecule has 1 nitrogen and oxygen atoms in total. The van der Waals surface area contributed by atoms with Crippen LogP contribution in [0.4, 0.5) is 0 Å². The maximum atomic E-state index is 3.63. The van der Waals surface area contributed by atoms with Crippen molar-refractivity contribution in [1.29, 1.82) is 0 Å². The molecule has 0 bridgehead atoms. The zero-order valence-corrected chi connectivity index (χ0v) is 12.2. The largest absolute Gasteiger partial charge is 0.310 e. The van der Waals surface area contributed by atoms with Crippen molar-refractivity contribution in [1.82, 2.24) is 5.32 Å². The van der Waals surface area contributed by atoms with E-state index in [4.69, 9.17) is 0 Å². The van der Waals surface area contributed by atoms with Crippen molar-refractivity contribution >= 4 is 12.4 Å². The number of nitrogens with one attached hydrogen (secondary N) is 1. The lowest BCUT2D eigenvalue weighted by Crippen LogP contribution is -2.24. The zero-order chi connectivity index (χ0) is 12.6. The van der Waals surface area contributed by atoms with Gasteiger partial charge in [0.2, 0.25) is 0 Å². The van der Waals surface area contributed by atoms with Gasteiger partial charge in [-0.1, -0.05) is 67.6 Å². The van der Waals surface area contributed by atoms with Gasteiger partial charge < -0.3 is 5.32 Å². The fourth-order valence-corrected chi connectivity index (χ4v) is 2.16. The summed E-state index contributed by atoms with van der Waals surface area (Å²) in [6.07, 6.45) is 2.21. The minimum atomic E-state index is 0. The van der Waals surface area contributed by atoms with E-state index in [1.807, 2.05) is 0 Å². The minimum Gasteiger partial charge on any atom is -0.310 e. The van der Waals surface area contributed by atoms with E-state index in [0.717, 1.165) is 19.4 Å². The highest BCUT2D eigenvalue weighted by atomic mass is 35.5. The molecule has 1 unspecified atom stereocenters. The Bertz CT molecular complexity index is 441. The molecule has 0 amide bonds. The van der Waals surface area contributed by atoms with Crippen LogP contribution in [0, 0.1) is 0 Å². The Morgan fingerprint density at radius 2 is 1.47 bits per heavy atom. The van der Waals surface area contributed by atoms with E-state index in [1.165, 1.54) is 11.1 Å². The second-order valence-corrected chi connectivity index (χ2v) is 4.61. The van der Waals surface area contributed by atoms with Crippen LogP contribution in [0.3, 0.4) is 0 Å². The summed E-state index contributed by atoms with van der Waals surface area (Å²) in [7, 11) is 0. The third kappa shape index (κ3) is 5.06. The van der Waals surface area contributed by atoms with Crippen LogP contribution in [-0.4, -0.2) is 6.54 Å². The summed E-state index contributed by atoms with van der Waals surface area (Å²) in [4.78, 5) is 0. The number of benzene rings is 2. The number of hydrogen-bond donors (Lipinski definition) is 1. The lowest BCUT2D eigenvalue weighted by molar-refractivity contribution is 0.529. The smallest absolute Gasteiger partial charge is 0.0360 e. The maximum absolute atomic E-state index is 3.63. The molecule has 2 rings (SSSR count). The molecule has 0 aliphatic rings. The monoisotopic (exact) mass is 275 g/mol. The topological polar surface area (TPSA) is 12.0 Å². The molecular weight excluding hydrogens is 254 g/mol. The van der Waals surface area contributed by atoms with Crippen molar-refractivity contribution in [3.63, 3.8) is 0 Å². The molecule has 0 saturated carbocycles. The average Bonchev–Trinajstić information content (AvgIpc) is 2.45. The summed E-state index contributed by atoms with van der Waals surface area (Å²) in [5, 5.41) is 3.63. The number of rotatable bonds is 6. The Morgan fingerprint density at radius 3 is 2.05 bits per heavy atom. The minimum absolute atomic E-state index is 0. The van der Waals surface area contributed by atoms with Gasteiger partial charge in [-0.05, 0) is 30.5 Å². The predicted octanol–water partition coefficient (Wildman–Crippen LogP) is 4.39. The van der Waals surface area contributed by atoms with E-state index in [2.05, 4.69) is 72.9 Å². The molecule has 19 heavy (non-hydrogen) atoms. The van der Waals surface area contributed by atoms with Gasteiger partial charge in [0.05, 0.1) is 0 Å². The summed E-state index contributed by atoms with van der Waals surface area (Å²) in [6.45, 7) is 3.27. The van der Waals surface area contributed by atoms with Gasteiger partial charge in [0, 0.05) is 6.04 Å². The first kappa shape index (κ1) is 15.7. The molecule has 2 aromatic rings. The predicted molar refractivity (Wildman–Crippen MR) is 84.9 cm³/mol. The van der Waals surface area contributed by atoms with Crippen LogP contribution in [0.15, 0.2) is 60.7 Å². The molecule has 102 valence electrons. The molecule has 0 aliphatic carbocycles. The van der Waals surface area contributed by atoms with Gasteiger partial charge >= 0.3 is 0 Å². The second-order valence-electron chi connectivity index (χ2n) is 4.61. The van der Waals surface area contributed by atoms with Crippen LogP contribution in [0.2, 0.25) is 0 Å². The van der Waals surface area contributed by atoms with Gasteiger partial charge in [-0.2, -0.15) is 0 Å². The van der Waals surface area contributed by atoms with E-state index in [-0.39, 0.29) is 12.4 Å². The third-order valence-corrected chi connectivity index (χ3v) is 3.13. The number of halogens is 1. The second kappa shape index (κ2) is 8.73. The molecule has 0 spiro atoms. The first-order chi connectivity index (χ1) is 8.90. The highest BCUT2D eigenvalue weighted by Crippen LogP contribution is 2.18. The molecule has 0 fully saturated rings. The Hall–Kier alpha value is -1.31. The van der Waals surface area contributed by atoms with E-state index < -0.39 is 0 Å². The van der Waals surface area contributed by atoms with E-state index in [1.54, 1.807) is 0 Å². The molecule has 2 heteroatoms. The molecular formula is C17H22ClN. The molecule has 0 aromatic heterocycles. The summed E-state index contributed by atoms with van der Waals surface area (Å²) in [6, 6.07) is 21.8. The molecule has 0 heterocycles. The first-order valence-electron chi connectivity index (χ1n) is 6.72. The zero-order valence-electron chi connectivity index (χ0n) is 11.4. The summed E-state index contributed by atoms with van der Waals surface area (Å²) in [5.74, 6) is 0. The fraction of sp³-hybridized carbons (Fsp3) is 0.294. The first-order valence-corrected chi connectivity index (χ1v) is 6.72. The molecule has 1 N–H and O–H groups in total. The highest BCUT2D eigenvalue weighted by molar-refractivity contribution is 5.85. The van der Waals surface area contributed by atoms with Gasteiger partial charge in [-0.15, -0.1) is 12.4 Å². The molecule has 1 atom stereocenters. The Labute approximate surface area is 122 Å². The Balaban J connectivity index is 0.00000180. The van der Waals surface area contributed by atoms with E-state index in [9.17, 15) is 0 Å². The van der Waals surface area contributed by atoms with Crippen LogP contribution in [0.5, 0.6) is 0 Å². The van der Waals surface area contributed by atoms with Crippen molar-refractivity contribution in [2.24, 2.45) is 0 Å². The van der Waals surface area contributed by atoms with E-state index >= 15 is 0 Å². The molecule has 0 saturated heterocycles. The quantitative estimate of drug-likeness (QED) is 0.824. The standard InChI is InChI=1S/C17H21N.ClH/c1-2-13-18-17(16-11-7-4-8-12-16)14-15-9-5-3-6-10-15;/h3-12,17-18H,2,13-14H2,1H3;1H. The van der Waals surface area contributed by atoms with Gasteiger partial charge in [-0.25, -0.2) is 0 Å². The van der Waals surface area contributed by atoms with Crippen LogP contribution in [-0.2, 0) is 6.42 Å². The van der Waals surface area contributed by atoms with Crippen molar-refractivity contribution in [2.75, 3.05) is 6.54 Å². The Kier molecular flexibility index (Phi) is 7.24. The third-order valence-electron chi connectivity index (χ3n) is 3.13. The van der Waals surface area contributed by atoms with Crippen molar-refractivity contribution in [3.05, 3.63) is 71.8 Å². The molecule has 0 aliphatic heterocycles. The summed E-state index contributed by atoms with van der Waals surface area (Å²) in [5.41, 5.74) is 2.75. The Morgan fingerprint density at radius 1 is 0.895 bits per heavy atom. The van der Waals surface area contributed by atoms with Crippen LogP contribution in [0.25, 0.3) is 0 Å². The van der Waals surface area contributed by atoms with Crippen molar-refractivity contribution in [2.45, 2.75) is 25.8 Å². The van der Waals surface area contributed by atoms with Gasteiger partial charge in [0.25, 0.3) is 0 Å². The van der Waals surface area contributed by atoms with Gasteiger partial charge in [0.1, 0.15) is 0 Å². The van der Waals surface area contributed by atoms with Crippen LogP contribution in [0.1, 0.15) is 30.5 Å². The number of hydrogen-bond acceptors (Lipinski definition) is 1. The van der Waals surface area contributed by atoms with Gasteiger partial charge in [-0.3, -0.25) is 0 Å². The van der Waals surface area contributed by atoms with E-state index in [0.29, 0.717) is 6.04 Å². The summed E-state index contributed by atoms with van der Waals surface area (Å²) >= 11 is 0. The fourth-order valence-electron chi connectivity index (χ4n) is 2.16. The summed E-state index contributed by atoms with van der Waals surface area (Å²) < 4.78 is 0. The molecule has 2 aromatic carbocycles. The molecule has 0 radical (unpaired) electrons. The normalized spacial score (nSPS) is 11.6. The van der Waals surface area contributed by atoms with Crippen LogP contribution < -0.4 is 5.32 Å². The van der Waals surface area contributed by atoms with Crippen LogP contribution >= 0.6 is 12.4 Å². The van der Waals surface area contributed by atoms with Crippen molar-refractivity contribution < 1.29 is 0 Å². The SMILES string of the molecule is CCCNC(Cc1ccccc1)c1ccccc1.Cl. The lowest BCUT2D eigenvalue weighted by atomic mass is 9.99. The van der Waals surface area contributed by atoms with Gasteiger partial charge in [0.15, 0.2) is 0 Å². The van der Waals surface area contributed by atoms with Crippen molar-refractivity contribution in [3.8, 4) is 0 Å². The maximum Gasteiger partial charge on any atom is 0.0360 e.